The van der Waals surface area contributed by atoms with Crippen LogP contribution in [-0.2, 0) is 11.2 Å². The summed E-state index contributed by atoms with van der Waals surface area (Å²) in [6.45, 7) is 3.93. The predicted molar refractivity (Wildman–Crippen MR) is 68.1 cm³/mol. The molecule has 1 fully saturated rings. The molecular weight excluding hydrogens is 291 g/mol. The summed E-state index contributed by atoms with van der Waals surface area (Å²) >= 11 is 0. The summed E-state index contributed by atoms with van der Waals surface area (Å²) in [5.74, 6) is -3.46. The van der Waals surface area contributed by atoms with E-state index in [0.29, 0.717) is 5.56 Å². The lowest BCUT2D eigenvalue weighted by molar-refractivity contribution is -0.266. The molecule has 0 bridgehead atoms. The van der Waals surface area contributed by atoms with Gasteiger partial charge >= 0.3 is 6.18 Å². The normalized spacial score (nSPS) is 29.9. The van der Waals surface area contributed by atoms with Crippen LogP contribution in [0, 0.1) is 17.6 Å². The summed E-state index contributed by atoms with van der Waals surface area (Å²) in [4.78, 5) is 0. The first kappa shape index (κ1) is 16.2. The Morgan fingerprint density at radius 1 is 1.29 bits per heavy atom. The van der Waals surface area contributed by atoms with Gasteiger partial charge in [0.05, 0.1) is 6.61 Å². The van der Waals surface area contributed by atoms with Crippen molar-refractivity contribution in [1.29, 1.82) is 0 Å². The monoisotopic (exact) mass is 308 g/mol. The molecule has 1 saturated heterocycles. The minimum Gasteiger partial charge on any atom is -0.365 e. The molecule has 6 heteroatoms. The van der Waals surface area contributed by atoms with Gasteiger partial charge in [0.25, 0.3) is 0 Å². The van der Waals surface area contributed by atoms with Gasteiger partial charge in [-0.15, -0.1) is 0 Å². The zero-order valence-electron chi connectivity index (χ0n) is 12.0. The predicted octanol–water partition coefficient (Wildman–Crippen LogP) is 4.60. The zero-order chi connectivity index (χ0) is 16.0. The van der Waals surface area contributed by atoms with Crippen molar-refractivity contribution < 1.29 is 26.7 Å². The van der Waals surface area contributed by atoms with Gasteiger partial charge in [0.15, 0.2) is 17.2 Å². The zero-order valence-corrected chi connectivity index (χ0v) is 12.0. The molecule has 118 valence electrons. The highest BCUT2D eigenvalue weighted by molar-refractivity contribution is 5.34. The van der Waals surface area contributed by atoms with E-state index in [1.54, 1.807) is 6.92 Å². The molecule has 2 rings (SSSR count). The average Bonchev–Trinajstić information content (AvgIpc) is 2.70. The molecule has 1 aromatic carbocycles. The van der Waals surface area contributed by atoms with E-state index in [1.807, 2.05) is 0 Å². The second kappa shape index (κ2) is 5.23. The van der Waals surface area contributed by atoms with Crippen LogP contribution < -0.4 is 0 Å². The lowest BCUT2D eigenvalue weighted by Gasteiger charge is -2.32. The maximum absolute atomic E-state index is 13.8. The second-order valence-corrected chi connectivity index (χ2v) is 5.59. The Bertz CT molecular complexity index is 540. The molecule has 0 spiro atoms. The van der Waals surface area contributed by atoms with Crippen molar-refractivity contribution in [3.8, 4) is 0 Å². The maximum atomic E-state index is 13.8. The minimum atomic E-state index is -4.51. The fourth-order valence-corrected chi connectivity index (χ4v) is 2.94. The van der Waals surface area contributed by atoms with E-state index in [0.717, 1.165) is 13.0 Å². The lowest BCUT2D eigenvalue weighted by atomic mass is 9.78. The Labute approximate surface area is 120 Å². The Morgan fingerprint density at radius 3 is 2.38 bits per heavy atom. The Balaban J connectivity index is 2.44. The first-order chi connectivity index (χ1) is 9.63. The third kappa shape index (κ3) is 2.43. The van der Waals surface area contributed by atoms with Gasteiger partial charge in [-0.2, -0.15) is 13.2 Å². The second-order valence-electron chi connectivity index (χ2n) is 5.59. The largest absolute Gasteiger partial charge is 0.417 e. The Kier molecular flexibility index (Phi) is 4.04. The van der Waals surface area contributed by atoms with Gasteiger partial charge in [-0.25, -0.2) is 8.78 Å². The molecule has 1 aromatic rings. The van der Waals surface area contributed by atoms with E-state index in [4.69, 9.17) is 4.74 Å². The third-order valence-electron chi connectivity index (χ3n) is 4.58. The van der Waals surface area contributed by atoms with Crippen LogP contribution in [0.5, 0.6) is 0 Å². The maximum Gasteiger partial charge on any atom is 0.417 e. The fraction of sp³-hybridized carbons (Fsp3) is 0.600. The van der Waals surface area contributed by atoms with E-state index in [1.165, 1.54) is 13.0 Å². The van der Waals surface area contributed by atoms with Crippen molar-refractivity contribution in [3.05, 3.63) is 34.9 Å². The third-order valence-corrected chi connectivity index (χ3v) is 4.58. The van der Waals surface area contributed by atoms with Gasteiger partial charge < -0.3 is 4.74 Å². The van der Waals surface area contributed by atoms with Crippen molar-refractivity contribution >= 4 is 0 Å². The number of hydrogen-bond acceptors (Lipinski definition) is 1. The molecule has 0 N–H and O–H groups in total. The minimum absolute atomic E-state index is 0.127. The molecule has 21 heavy (non-hydrogen) atoms. The number of hydrogen-bond donors (Lipinski definition) is 0. The molecule has 0 amide bonds. The summed E-state index contributed by atoms with van der Waals surface area (Å²) in [7, 11) is 0. The van der Waals surface area contributed by atoms with Gasteiger partial charge in [-0.1, -0.05) is 19.9 Å². The van der Waals surface area contributed by atoms with Gasteiger partial charge in [0.1, 0.15) is 0 Å². The SMILES string of the molecule is CCc1c([C@@H]2CO[C@@](C)(C(F)(F)F)[C@@H]2C)ccc(F)c1F. The fourth-order valence-electron chi connectivity index (χ4n) is 2.94. The molecule has 0 radical (unpaired) electrons. The first-order valence-corrected chi connectivity index (χ1v) is 6.81. The number of alkyl halides is 3. The molecule has 0 unspecified atom stereocenters. The van der Waals surface area contributed by atoms with Crippen molar-refractivity contribution in [1.82, 2.24) is 0 Å². The average molecular weight is 308 g/mol. The smallest absolute Gasteiger partial charge is 0.365 e. The molecular formula is C15H17F5O. The molecule has 3 atom stereocenters. The molecule has 1 aliphatic heterocycles. The van der Waals surface area contributed by atoms with Crippen LogP contribution in [0.3, 0.4) is 0 Å². The lowest BCUT2D eigenvalue weighted by Crippen LogP contribution is -2.46. The number of rotatable bonds is 2. The van der Waals surface area contributed by atoms with Crippen LogP contribution in [0.2, 0.25) is 0 Å². The summed E-state index contributed by atoms with van der Waals surface area (Å²) in [6.07, 6.45) is -4.29. The van der Waals surface area contributed by atoms with Gasteiger partial charge in [-0.05, 0) is 30.5 Å². The quantitative estimate of drug-likeness (QED) is 0.726. The molecule has 1 heterocycles. The van der Waals surface area contributed by atoms with Crippen LogP contribution >= 0.6 is 0 Å². The highest BCUT2D eigenvalue weighted by atomic mass is 19.4. The molecule has 0 aliphatic carbocycles. The molecule has 1 aliphatic rings. The van der Waals surface area contributed by atoms with Crippen molar-refractivity contribution in [2.45, 2.75) is 44.9 Å². The molecule has 0 saturated carbocycles. The highest BCUT2D eigenvalue weighted by Gasteiger charge is 2.61. The number of benzene rings is 1. The summed E-state index contributed by atoms with van der Waals surface area (Å²) in [5, 5.41) is 0. The summed E-state index contributed by atoms with van der Waals surface area (Å²) in [5.41, 5.74) is -1.74. The van der Waals surface area contributed by atoms with Crippen molar-refractivity contribution in [2.75, 3.05) is 6.61 Å². The Morgan fingerprint density at radius 2 is 1.90 bits per heavy atom. The van der Waals surface area contributed by atoms with Gasteiger partial charge in [-0.3, -0.25) is 0 Å². The number of halogens is 5. The van der Waals surface area contributed by atoms with E-state index < -0.39 is 35.2 Å². The highest BCUT2D eigenvalue weighted by Crippen LogP contribution is 2.50. The van der Waals surface area contributed by atoms with Crippen LogP contribution in [0.4, 0.5) is 22.0 Å². The molecule has 1 nitrogen and oxygen atoms in total. The summed E-state index contributed by atoms with van der Waals surface area (Å²) < 4.78 is 71.6. The van der Waals surface area contributed by atoms with E-state index >= 15 is 0 Å². The number of ether oxygens (including phenoxy) is 1. The van der Waals surface area contributed by atoms with Crippen molar-refractivity contribution in [2.24, 2.45) is 5.92 Å². The van der Waals surface area contributed by atoms with Crippen LogP contribution in [0.1, 0.15) is 37.8 Å². The van der Waals surface area contributed by atoms with Gasteiger partial charge in [0.2, 0.25) is 0 Å². The standard InChI is InChI=1S/C15H17F5O/c1-4-9-10(5-6-12(16)13(9)17)11-7-21-14(3,8(11)2)15(18,19)20/h5-6,8,11H,4,7H2,1-3H3/t8-,11-,14-/m1/s1. The van der Waals surface area contributed by atoms with E-state index in [2.05, 4.69) is 0 Å². The van der Waals surface area contributed by atoms with Crippen LogP contribution in [-0.4, -0.2) is 18.4 Å². The van der Waals surface area contributed by atoms with E-state index in [-0.39, 0.29) is 18.6 Å². The van der Waals surface area contributed by atoms with E-state index in [9.17, 15) is 22.0 Å². The van der Waals surface area contributed by atoms with Crippen LogP contribution in [0.25, 0.3) is 0 Å². The summed E-state index contributed by atoms with van der Waals surface area (Å²) in [6, 6.07) is 2.32. The molecule has 0 aromatic heterocycles. The van der Waals surface area contributed by atoms with Gasteiger partial charge in [0, 0.05) is 11.8 Å². The van der Waals surface area contributed by atoms with Crippen molar-refractivity contribution in [3.63, 3.8) is 0 Å². The Hall–Kier alpha value is -1.17. The van der Waals surface area contributed by atoms with Crippen LogP contribution in [0.15, 0.2) is 12.1 Å². The topological polar surface area (TPSA) is 9.23 Å². The first-order valence-electron chi connectivity index (χ1n) is 6.81.